The van der Waals surface area contributed by atoms with Gasteiger partial charge >= 0.3 is 0 Å². The van der Waals surface area contributed by atoms with Gasteiger partial charge in [-0.3, -0.25) is 0 Å². The molecule has 0 amide bonds. The van der Waals surface area contributed by atoms with Gasteiger partial charge in [0.05, 0.1) is 0 Å². The lowest BCUT2D eigenvalue weighted by Crippen LogP contribution is -1.98. The minimum Gasteiger partial charge on any atom is -0.0934 e. The zero-order valence-electron chi connectivity index (χ0n) is 29.3. The van der Waals surface area contributed by atoms with Crippen LogP contribution >= 0.6 is 0 Å². The average molecular weight is 614 g/mol. The van der Waals surface area contributed by atoms with Crippen molar-refractivity contribution in [3.63, 3.8) is 0 Å². The second kappa shape index (κ2) is 19.0. The van der Waals surface area contributed by atoms with Crippen LogP contribution in [0.5, 0.6) is 0 Å². The molecule has 0 bridgehead atoms. The van der Waals surface area contributed by atoms with Crippen LogP contribution in [0, 0.1) is 6.92 Å². The fourth-order valence-electron chi connectivity index (χ4n) is 6.56. The van der Waals surface area contributed by atoms with Gasteiger partial charge in [-0.05, 0) is 112 Å². The Morgan fingerprint density at radius 3 is 1.83 bits per heavy atom. The fraction of sp³-hybridized carbons (Fsp3) is 0.409. The summed E-state index contributed by atoms with van der Waals surface area (Å²) in [7, 11) is 2.05. The lowest BCUT2D eigenvalue weighted by Gasteiger charge is -2.17. The van der Waals surface area contributed by atoms with E-state index in [-0.39, 0.29) is 0 Å². The first kappa shape index (κ1) is 35.1. The van der Waals surface area contributed by atoms with Crippen molar-refractivity contribution in [2.75, 3.05) is 7.05 Å². The molecule has 0 saturated carbocycles. The average Bonchev–Trinajstić information content (AvgIpc) is 3.09. The number of nitrogens with zero attached hydrogens (tertiary/aromatic N) is 2. The summed E-state index contributed by atoms with van der Waals surface area (Å²) in [6.45, 7) is 9.10. The standard InChI is InChI=1S/C44H57N2/c1-6-9-11-13-14-18-28-41-31-36(32-43(38-23-19-15-20-24-38)44(41)39-25-21-16-22-26-39)29-30-46(5)45-42-33-37(8-3)35(4)40(34-42)27-17-12-10-7-2/h15-16,19-26,29-34H,6-14,17-18,27-28H2,1-5H3/q+1. The van der Waals surface area contributed by atoms with Crippen LogP contribution in [-0.4, -0.2) is 11.7 Å². The fourth-order valence-corrected chi connectivity index (χ4v) is 6.56. The Morgan fingerprint density at radius 2 is 1.17 bits per heavy atom. The monoisotopic (exact) mass is 613 g/mol. The Labute approximate surface area is 280 Å². The molecule has 0 spiro atoms. The van der Waals surface area contributed by atoms with Gasteiger partial charge in [0.15, 0.2) is 13.2 Å². The van der Waals surface area contributed by atoms with E-state index in [9.17, 15) is 0 Å². The lowest BCUT2D eigenvalue weighted by atomic mass is 9.86. The molecule has 0 aliphatic carbocycles. The summed E-state index contributed by atoms with van der Waals surface area (Å²) < 4.78 is 1.98. The van der Waals surface area contributed by atoms with E-state index in [2.05, 4.69) is 132 Å². The van der Waals surface area contributed by atoms with Crippen molar-refractivity contribution in [2.45, 2.75) is 111 Å². The van der Waals surface area contributed by atoms with Gasteiger partial charge in [0.1, 0.15) is 5.69 Å². The van der Waals surface area contributed by atoms with Crippen molar-refractivity contribution in [3.05, 3.63) is 119 Å². The van der Waals surface area contributed by atoms with E-state index in [1.54, 1.807) is 0 Å². The van der Waals surface area contributed by atoms with Gasteiger partial charge in [-0.1, -0.05) is 144 Å². The highest BCUT2D eigenvalue weighted by atomic mass is 15.2. The molecule has 0 unspecified atom stereocenters. The van der Waals surface area contributed by atoms with Crippen LogP contribution in [0.15, 0.2) is 96.2 Å². The summed E-state index contributed by atoms with van der Waals surface area (Å²) in [5.74, 6) is 0. The number of azo groups is 2. The summed E-state index contributed by atoms with van der Waals surface area (Å²) >= 11 is 0. The first-order valence-electron chi connectivity index (χ1n) is 18.1. The van der Waals surface area contributed by atoms with Crippen molar-refractivity contribution < 1.29 is 4.70 Å². The SMILES string of the molecule is CCCCCCCCc1cc(C=C[N+](C)=Nc2cc(CC)c(C)c(CCCCCC)c2)cc(-c2ccccc2)c1-c1ccccc1. The molecule has 0 aliphatic rings. The summed E-state index contributed by atoms with van der Waals surface area (Å²) in [6, 6.07) is 31.2. The predicted molar refractivity (Wildman–Crippen MR) is 200 cm³/mol. The number of unbranched alkanes of at least 4 members (excludes halogenated alkanes) is 8. The van der Waals surface area contributed by atoms with E-state index in [1.165, 1.54) is 114 Å². The molecule has 0 N–H and O–H groups in total. The van der Waals surface area contributed by atoms with Gasteiger partial charge in [-0.15, -0.1) is 0 Å². The molecule has 0 saturated heterocycles. The summed E-state index contributed by atoms with van der Waals surface area (Å²) in [4.78, 5) is 0. The molecule has 4 rings (SSSR count). The third-order valence-electron chi connectivity index (χ3n) is 9.23. The van der Waals surface area contributed by atoms with Gasteiger partial charge in [0.2, 0.25) is 0 Å². The van der Waals surface area contributed by atoms with Crippen LogP contribution in [-0.2, 0) is 19.3 Å². The van der Waals surface area contributed by atoms with Crippen LogP contribution in [0.4, 0.5) is 5.69 Å². The molecule has 0 atom stereocenters. The zero-order valence-corrected chi connectivity index (χ0v) is 29.3. The van der Waals surface area contributed by atoms with E-state index in [0.29, 0.717) is 0 Å². The van der Waals surface area contributed by atoms with Crippen molar-refractivity contribution >= 4 is 11.8 Å². The molecule has 4 aromatic rings. The van der Waals surface area contributed by atoms with Gasteiger partial charge < -0.3 is 0 Å². The third-order valence-corrected chi connectivity index (χ3v) is 9.23. The highest BCUT2D eigenvalue weighted by Crippen LogP contribution is 2.37. The molecule has 0 radical (unpaired) electrons. The van der Waals surface area contributed by atoms with Crippen molar-refractivity contribution in [1.29, 1.82) is 0 Å². The molecule has 46 heavy (non-hydrogen) atoms. The number of rotatable bonds is 18. The number of hydrogen-bond donors (Lipinski definition) is 0. The second-order valence-corrected chi connectivity index (χ2v) is 12.9. The summed E-state index contributed by atoms with van der Waals surface area (Å²) in [5, 5.41) is 5.03. The molecule has 0 fully saturated rings. The first-order valence-corrected chi connectivity index (χ1v) is 18.1. The Morgan fingerprint density at radius 1 is 0.609 bits per heavy atom. The van der Waals surface area contributed by atoms with E-state index in [0.717, 1.165) is 24.9 Å². The predicted octanol–water partition coefficient (Wildman–Crippen LogP) is 13.3. The normalized spacial score (nSPS) is 11.9. The van der Waals surface area contributed by atoms with Gasteiger partial charge in [-0.2, -0.15) is 0 Å². The lowest BCUT2D eigenvalue weighted by molar-refractivity contribution is -0.491. The summed E-state index contributed by atoms with van der Waals surface area (Å²) in [5.41, 5.74) is 13.2. The van der Waals surface area contributed by atoms with Gasteiger partial charge in [0.25, 0.3) is 0 Å². The highest BCUT2D eigenvalue weighted by molar-refractivity contribution is 5.87. The molecular weight excluding hydrogens is 556 g/mol. The van der Waals surface area contributed by atoms with Crippen LogP contribution < -0.4 is 0 Å². The number of benzene rings is 4. The van der Waals surface area contributed by atoms with Crippen LogP contribution in [0.1, 0.15) is 113 Å². The second-order valence-electron chi connectivity index (χ2n) is 12.9. The van der Waals surface area contributed by atoms with Crippen molar-refractivity contribution in [3.8, 4) is 22.3 Å². The minimum atomic E-state index is 1.04. The first-order chi connectivity index (χ1) is 22.5. The maximum atomic E-state index is 5.03. The van der Waals surface area contributed by atoms with Crippen LogP contribution in [0.3, 0.4) is 0 Å². The molecule has 2 heteroatoms. The van der Waals surface area contributed by atoms with Crippen LogP contribution in [0.2, 0.25) is 0 Å². The maximum absolute atomic E-state index is 5.03. The maximum Gasteiger partial charge on any atom is 0.196 e. The molecular formula is C44H57N2+. The molecule has 0 aliphatic heterocycles. The van der Waals surface area contributed by atoms with Gasteiger partial charge in [-0.25, -0.2) is 0 Å². The van der Waals surface area contributed by atoms with E-state index in [4.69, 9.17) is 5.11 Å². The molecule has 0 heterocycles. The van der Waals surface area contributed by atoms with Crippen LogP contribution in [0.25, 0.3) is 28.3 Å². The molecule has 0 aromatic heterocycles. The number of aryl methyl sites for hydroxylation is 3. The van der Waals surface area contributed by atoms with Gasteiger partial charge in [0, 0.05) is 6.08 Å². The quantitative estimate of drug-likeness (QED) is 0.0603. The molecule has 4 aromatic carbocycles. The molecule has 242 valence electrons. The van der Waals surface area contributed by atoms with E-state index >= 15 is 0 Å². The van der Waals surface area contributed by atoms with Crippen molar-refractivity contribution in [1.82, 2.24) is 0 Å². The largest absolute Gasteiger partial charge is 0.196 e. The number of hydrogen-bond acceptors (Lipinski definition) is 1. The smallest absolute Gasteiger partial charge is 0.0934 e. The summed E-state index contributed by atoms with van der Waals surface area (Å²) in [6.07, 6.45) is 20.6. The molecule has 2 nitrogen and oxygen atoms in total. The van der Waals surface area contributed by atoms with Crippen molar-refractivity contribution in [2.24, 2.45) is 5.11 Å². The Kier molecular flexibility index (Phi) is 14.5. The topological polar surface area (TPSA) is 15.4 Å². The van der Waals surface area contributed by atoms with E-state index < -0.39 is 0 Å². The minimum absolute atomic E-state index is 1.04. The third kappa shape index (κ3) is 10.4. The van der Waals surface area contributed by atoms with E-state index in [1.807, 2.05) is 4.70 Å². The highest BCUT2D eigenvalue weighted by Gasteiger charge is 2.15. The Bertz CT molecular complexity index is 1550. The Balaban J connectivity index is 1.68. The Hall–Kier alpha value is -3.78. The zero-order chi connectivity index (χ0) is 32.6.